The van der Waals surface area contributed by atoms with Crippen LogP contribution in [0.5, 0.6) is 0 Å². The molecule has 0 aromatic heterocycles. The fraction of sp³-hybridized carbons (Fsp3) is 0.192. The molecule has 0 aliphatic heterocycles. The largest absolute Gasteiger partial charge is 0.481 e. The van der Waals surface area contributed by atoms with E-state index in [1.54, 1.807) is 48.5 Å². The van der Waals surface area contributed by atoms with Crippen molar-refractivity contribution >= 4 is 23.3 Å². The van der Waals surface area contributed by atoms with E-state index < -0.39 is 28.9 Å². The highest BCUT2D eigenvalue weighted by Crippen LogP contribution is 2.26. The van der Waals surface area contributed by atoms with E-state index in [1.807, 2.05) is 0 Å². The molecule has 5 nitrogen and oxygen atoms in total. The molecule has 3 aromatic carbocycles. The number of amides is 1. The number of carboxylic acid groups (broad SMARTS) is 1. The van der Waals surface area contributed by atoms with E-state index in [0.29, 0.717) is 11.3 Å². The van der Waals surface area contributed by atoms with Crippen molar-refractivity contribution in [3.05, 3.63) is 89.5 Å². The predicted octanol–water partition coefficient (Wildman–Crippen LogP) is 5.50. The van der Waals surface area contributed by atoms with Gasteiger partial charge in [0.25, 0.3) is 0 Å². The fourth-order valence-corrected chi connectivity index (χ4v) is 3.28. The number of halogens is 2. The summed E-state index contributed by atoms with van der Waals surface area (Å²) in [4.78, 5) is 35.8. The molecule has 170 valence electrons. The fourth-order valence-electron chi connectivity index (χ4n) is 3.28. The van der Waals surface area contributed by atoms with Gasteiger partial charge in [0.2, 0.25) is 5.91 Å². The van der Waals surface area contributed by atoms with Crippen LogP contribution in [0.3, 0.4) is 0 Å². The van der Waals surface area contributed by atoms with Crippen LogP contribution in [0, 0.1) is 17.0 Å². The van der Waals surface area contributed by atoms with Gasteiger partial charge in [-0.3, -0.25) is 14.4 Å². The number of benzene rings is 3. The Bertz CT molecular complexity index is 1170. The normalized spacial score (nSPS) is 11.2. The van der Waals surface area contributed by atoms with Crippen LogP contribution in [0.2, 0.25) is 0 Å². The predicted molar refractivity (Wildman–Crippen MR) is 121 cm³/mol. The molecule has 0 aliphatic carbocycles. The van der Waals surface area contributed by atoms with Gasteiger partial charge in [-0.1, -0.05) is 36.4 Å². The zero-order valence-corrected chi connectivity index (χ0v) is 18.2. The van der Waals surface area contributed by atoms with Gasteiger partial charge in [0.1, 0.15) is 11.6 Å². The van der Waals surface area contributed by atoms with Gasteiger partial charge < -0.3 is 10.4 Å². The first kappa shape index (κ1) is 23.8. The minimum Gasteiger partial charge on any atom is -0.481 e. The van der Waals surface area contributed by atoms with Gasteiger partial charge in [-0.25, -0.2) is 8.78 Å². The number of carboxylic acids is 1. The molecule has 33 heavy (non-hydrogen) atoms. The van der Waals surface area contributed by atoms with Gasteiger partial charge in [-0.15, -0.1) is 0 Å². The second-order valence-electron chi connectivity index (χ2n) is 8.45. The highest BCUT2D eigenvalue weighted by molar-refractivity contribution is 5.99. The summed E-state index contributed by atoms with van der Waals surface area (Å²) in [6.45, 7) is 3.02. The molecule has 0 spiro atoms. The Hall–Kier alpha value is -3.87. The van der Waals surface area contributed by atoms with E-state index in [2.05, 4.69) is 5.32 Å². The minimum atomic E-state index is -1.14. The Morgan fingerprint density at radius 1 is 0.848 bits per heavy atom. The second-order valence-corrected chi connectivity index (χ2v) is 8.45. The molecule has 1 amide bonds. The molecule has 0 fully saturated rings. The Labute approximate surface area is 190 Å². The van der Waals surface area contributed by atoms with Crippen molar-refractivity contribution < 1.29 is 28.3 Å². The van der Waals surface area contributed by atoms with Crippen LogP contribution in [0.15, 0.2) is 66.7 Å². The summed E-state index contributed by atoms with van der Waals surface area (Å²) in [5, 5.41) is 11.9. The van der Waals surface area contributed by atoms with Crippen LogP contribution in [0.4, 0.5) is 14.5 Å². The van der Waals surface area contributed by atoms with E-state index in [1.165, 1.54) is 13.8 Å². The molecule has 3 aromatic rings. The lowest BCUT2D eigenvalue weighted by Gasteiger charge is -2.17. The number of hydrogen-bond donors (Lipinski definition) is 2. The lowest BCUT2D eigenvalue weighted by atomic mass is 9.85. The standard InChI is InChI=1S/C26H23F2NO4/c1-26(2,25(32)33)15-23(30)19-5-3-17(4-6-19)18-7-9-22(10-8-18)29-24(31)13-16-11-20(27)14-21(28)12-16/h3-12,14H,13,15H2,1-2H3,(H,29,31)(H,32,33). The highest BCUT2D eigenvalue weighted by atomic mass is 19.1. The molecule has 0 aliphatic rings. The zero-order valence-electron chi connectivity index (χ0n) is 18.2. The molecule has 7 heteroatoms. The van der Waals surface area contributed by atoms with Gasteiger partial charge in [0.15, 0.2) is 5.78 Å². The quantitative estimate of drug-likeness (QED) is 0.443. The number of carbonyl (C=O) groups is 3. The summed E-state index contributed by atoms with van der Waals surface area (Å²) in [5.41, 5.74) is 1.76. The Kier molecular flexibility index (Phi) is 7.01. The van der Waals surface area contributed by atoms with Gasteiger partial charge >= 0.3 is 5.97 Å². The van der Waals surface area contributed by atoms with E-state index in [9.17, 15) is 28.3 Å². The van der Waals surface area contributed by atoms with E-state index in [4.69, 9.17) is 0 Å². The monoisotopic (exact) mass is 451 g/mol. The van der Waals surface area contributed by atoms with Crippen molar-refractivity contribution in [2.45, 2.75) is 26.7 Å². The number of carbonyl (C=O) groups excluding carboxylic acids is 2. The molecule has 0 bridgehead atoms. The van der Waals surface area contributed by atoms with Gasteiger partial charge in [0.05, 0.1) is 11.8 Å². The number of ketones is 1. The molecule has 0 saturated carbocycles. The maximum atomic E-state index is 13.3. The number of aliphatic carboxylic acids is 1. The SMILES string of the molecule is CC(C)(CC(=O)c1ccc(-c2ccc(NC(=O)Cc3cc(F)cc(F)c3)cc2)cc1)C(=O)O. The first-order chi connectivity index (χ1) is 15.5. The minimum absolute atomic E-state index is 0.0989. The van der Waals surface area contributed by atoms with Crippen molar-refractivity contribution in [2.24, 2.45) is 5.41 Å². The molecular weight excluding hydrogens is 428 g/mol. The summed E-state index contributed by atoms with van der Waals surface area (Å²) in [5.74, 6) is -3.14. The molecule has 2 N–H and O–H groups in total. The van der Waals surface area contributed by atoms with Crippen LogP contribution in [-0.2, 0) is 16.0 Å². The number of anilines is 1. The van der Waals surface area contributed by atoms with E-state index >= 15 is 0 Å². The molecule has 0 atom stereocenters. The first-order valence-corrected chi connectivity index (χ1v) is 10.3. The summed E-state index contributed by atoms with van der Waals surface area (Å²) >= 11 is 0. The third kappa shape index (κ3) is 6.32. The molecule has 0 saturated heterocycles. The number of rotatable bonds is 8. The number of nitrogens with one attached hydrogen (secondary N) is 1. The van der Waals surface area contributed by atoms with Gasteiger partial charge in [-0.05, 0) is 54.8 Å². The highest BCUT2D eigenvalue weighted by Gasteiger charge is 2.30. The zero-order chi connectivity index (χ0) is 24.2. The Balaban J connectivity index is 1.63. The molecular formula is C26H23F2NO4. The molecule has 3 rings (SSSR count). The summed E-state index contributed by atoms with van der Waals surface area (Å²) in [6.07, 6.45) is -0.261. The van der Waals surface area contributed by atoms with Crippen LogP contribution in [-0.4, -0.2) is 22.8 Å². The smallest absolute Gasteiger partial charge is 0.309 e. The van der Waals surface area contributed by atoms with Crippen molar-refractivity contribution in [2.75, 3.05) is 5.32 Å². The Morgan fingerprint density at radius 3 is 1.88 bits per heavy atom. The van der Waals surface area contributed by atoms with E-state index in [-0.39, 0.29) is 24.2 Å². The average Bonchev–Trinajstić information content (AvgIpc) is 2.73. The van der Waals surface area contributed by atoms with Crippen molar-refractivity contribution in [3.63, 3.8) is 0 Å². The third-order valence-corrected chi connectivity index (χ3v) is 5.18. The van der Waals surface area contributed by atoms with Crippen LogP contribution in [0.1, 0.15) is 36.2 Å². The third-order valence-electron chi connectivity index (χ3n) is 5.18. The molecule has 0 radical (unpaired) electrons. The molecule has 0 unspecified atom stereocenters. The van der Waals surface area contributed by atoms with Crippen LogP contribution in [0.25, 0.3) is 11.1 Å². The van der Waals surface area contributed by atoms with Crippen molar-refractivity contribution in [1.82, 2.24) is 0 Å². The average molecular weight is 451 g/mol. The molecule has 0 heterocycles. The lowest BCUT2D eigenvalue weighted by molar-refractivity contribution is -0.146. The van der Waals surface area contributed by atoms with Crippen molar-refractivity contribution in [1.29, 1.82) is 0 Å². The van der Waals surface area contributed by atoms with Crippen molar-refractivity contribution in [3.8, 4) is 11.1 Å². The van der Waals surface area contributed by atoms with Crippen LogP contribution >= 0.6 is 0 Å². The van der Waals surface area contributed by atoms with Crippen LogP contribution < -0.4 is 5.32 Å². The Morgan fingerprint density at radius 2 is 1.36 bits per heavy atom. The maximum absolute atomic E-state index is 13.3. The maximum Gasteiger partial charge on any atom is 0.309 e. The lowest BCUT2D eigenvalue weighted by Crippen LogP contribution is -2.26. The summed E-state index contributed by atoms with van der Waals surface area (Å²) < 4.78 is 26.5. The summed E-state index contributed by atoms with van der Waals surface area (Å²) in [7, 11) is 0. The topological polar surface area (TPSA) is 83.5 Å². The summed E-state index contributed by atoms with van der Waals surface area (Å²) in [6, 6.07) is 16.8. The number of hydrogen-bond acceptors (Lipinski definition) is 3. The first-order valence-electron chi connectivity index (χ1n) is 10.3. The van der Waals surface area contributed by atoms with E-state index in [0.717, 1.165) is 29.3 Å². The van der Waals surface area contributed by atoms with Gasteiger partial charge in [0, 0.05) is 23.7 Å². The number of Topliss-reactive ketones (excluding diaryl/α,β-unsaturated/α-hetero) is 1. The van der Waals surface area contributed by atoms with Gasteiger partial charge in [-0.2, -0.15) is 0 Å². The second kappa shape index (κ2) is 9.73.